The van der Waals surface area contributed by atoms with Gasteiger partial charge < -0.3 is 14.5 Å². The number of hydrogen-bond acceptors (Lipinski definition) is 5. The number of para-hydroxylation sites is 1. The van der Waals surface area contributed by atoms with E-state index >= 15 is 0 Å². The number of halogens is 3. The number of benzene rings is 2. The van der Waals surface area contributed by atoms with Crippen LogP contribution in [0.25, 0.3) is 0 Å². The number of carbonyl (C=O) groups excluding carboxylic acids is 2. The van der Waals surface area contributed by atoms with Gasteiger partial charge in [-0.2, -0.15) is 13.2 Å². The number of carbonyl (C=O) groups is 2. The molecular formula is C23H18F3N3O4. The lowest BCUT2D eigenvalue weighted by molar-refractivity contribution is -0.196. The monoisotopic (exact) mass is 457 g/mol. The zero-order valence-electron chi connectivity index (χ0n) is 17.3. The summed E-state index contributed by atoms with van der Waals surface area (Å²) in [7, 11) is 1.28. The molecule has 0 spiro atoms. The fraction of sp³-hybridized carbons (Fsp3) is 0.174. The van der Waals surface area contributed by atoms with Gasteiger partial charge in [-0.05, 0) is 24.3 Å². The largest absolute Gasteiger partial charge is 0.496 e. The lowest BCUT2D eigenvalue weighted by Gasteiger charge is -2.29. The normalized spacial score (nSPS) is 18.2. The van der Waals surface area contributed by atoms with Crippen molar-refractivity contribution in [3.63, 3.8) is 0 Å². The number of nitrogens with zero attached hydrogens (tertiary/aromatic N) is 2. The predicted molar refractivity (Wildman–Crippen MR) is 111 cm³/mol. The third-order valence-corrected chi connectivity index (χ3v) is 5.07. The molecule has 7 nitrogen and oxygen atoms in total. The van der Waals surface area contributed by atoms with E-state index in [1.54, 1.807) is 30.3 Å². The Kier molecular flexibility index (Phi) is 5.67. The first-order valence-corrected chi connectivity index (χ1v) is 9.78. The van der Waals surface area contributed by atoms with Gasteiger partial charge in [-0.15, -0.1) is 0 Å². The van der Waals surface area contributed by atoms with Crippen LogP contribution in [0, 0.1) is 0 Å². The minimum absolute atomic E-state index is 0.0532. The van der Waals surface area contributed by atoms with Gasteiger partial charge in [-0.3, -0.25) is 14.5 Å². The number of amidine groups is 1. The Morgan fingerprint density at radius 3 is 2.42 bits per heavy atom. The van der Waals surface area contributed by atoms with Gasteiger partial charge >= 0.3 is 11.8 Å². The van der Waals surface area contributed by atoms with Crippen molar-refractivity contribution in [1.29, 1.82) is 0 Å². The summed E-state index contributed by atoms with van der Waals surface area (Å²) in [5.41, 5.74) is -3.42. The zero-order chi connectivity index (χ0) is 23.6. The summed E-state index contributed by atoms with van der Waals surface area (Å²) < 4.78 is 53.6. The van der Waals surface area contributed by atoms with Crippen molar-refractivity contribution in [3.8, 4) is 5.75 Å². The SMILES string of the molecule is COc1ccccc1C(=O)NC1(C(F)(F)F)N=C(c2ccccc2)N(Cc2ccco2)C1=O. The molecule has 0 saturated heterocycles. The molecule has 0 saturated carbocycles. The standard InChI is InChI=1S/C23H18F3N3O4/c1-32-18-12-6-5-11-17(18)20(30)28-22(23(24,25)26)21(31)29(14-16-10-7-13-33-16)19(27-22)15-8-3-2-4-9-15/h2-13H,14H2,1H3,(H,28,30). The van der Waals surface area contributed by atoms with E-state index in [9.17, 15) is 22.8 Å². The first-order chi connectivity index (χ1) is 15.8. The summed E-state index contributed by atoms with van der Waals surface area (Å²) in [5, 5.41) is 1.83. The van der Waals surface area contributed by atoms with Crippen LogP contribution >= 0.6 is 0 Å². The number of nitrogens with one attached hydrogen (secondary N) is 1. The van der Waals surface area contributed by atoms with Crippen molar-refractivity contribution in [2.45, 2.75) is 18.4 Å². The summed E-state index contributed by atoms with van der Waals surface area (Å²) in [6.07, 6.45) is -3.89. The highest BCUT2D eigenvalue weighted by Gasteiger charge is 2.67. The highest BCUT2D eigenvalue weighted by molar-refractivity contribution is 6.16. The van der Waals surface area contributed by atoms with E-state index in [2.05, 4.69) is 4.99 Å². The van der Waals surface area contributed by atoms with Gasteiger partial charge in [0.2, 0.25) is 0 Å². The molecule has 0 bridgehead atoms. The second-order valence-corrected chi connectivity index (χ2v) is 7.13. The number of rotatable bonds is 6. The van der Waals surface area contributed by atoms with E-state index in [1.807, 2.05) is 5.32 Å². The smallest absolute Gasteiger partial charge is 0.442 e. The zero-order valence-corrected chi connectivity index (χ0v) is 17.3. The predicted octanol–water partition coefficient (Wildman–Crippen LogP) is 3.77. The van der Waals surface area contributed by atoms with Gasteiger partial charge in [-0.1, -0.05) is 42.5 Å². The quantitative estimate of drug-likeness (QED) is 0.611. The maximum absolute atomic E-state index is 14.4. The molecule has 2 aromatic carbocycles. The van der Waals surface area contributed by atoms with Gasteiger partial charge in [0, 0.05) is 5.56 Å². The Morgan fingerprint density at radius 2 is 1.79 bits per heavy atom. The molecule has 0 aliphatic carbocycles. The van der Waals surface area contributed by atoms with Gasteiger partial charge in [-0.25, -0.2) is 4.99 Å². The Labute approximate surface area is 186 Å². The summed E-state index contributed by atoms with van der Waals surface area (Å²) in [5.74, 6) is -2.55. The molecule has 1 N–H and O–H groups in total. The molecule has 2 amide bonds. The number of aliphatic imine (C=N–C) groups is 1. The molecule has 1 atom stereocenters. The van der Waals surface area contributed by atoms with E-state index in [-0.39, 0.29) is 35.0 Å². The van der Waals surface area contributed by atoms with E-state index in [0.29, 0.717) is 0 Å². The van der Waals surface area contributed by atoms with Crippen LogP contribution in [0.3, 0.4) is 0 Å². The fourth-order valence-electron chi connectivity index (χ4n) is 3.47. The molecule has 10 heteroatoms. The molecule has 2 heterocycles. The molecule has 1 aromatic heterocycles. The van der Waals surface area contributed by atoms with E-state index < -0.39 is 23.7 Å². The molecule has 0 radical (unpaired) electrons. The fourth-order valence-corrected chi connectivity index (χ4v) is 3.47. The molecule has 1 aliphatic rings. The maximum Gasteiger partial charge on any atom is 0.442 e. The van der Waals surface area contributed by atoms with Crippen LogP contribution in [0.5, 0.6) is 5.75 Å². The second-order valence-electron chi connectivity index (χ2n) is 7.13. The first kappa shape index (κ1) is 22.1. The van der Waals surface area contributed by atoms with Gasteiger partial charge in [0.05, 0.1) is 25.5 Å². The van der Waals surface area contributed by atoms with Crippen molar-refractivity contribution in [1.82, 2.24) is 10.2 Å². The molecule has 33 heavy (non-hydrogen) atoms. The van der Waals surface area contributed by atoms with Crippen LogP contribution in [0.15, 0.2) is 82.4 Å². The van der Waals surface area contributed by atoms with Crippen molar-refractivity contribution >= 4 is 17.6 Å². The Morgan fingerprint density at radius 1 is 1.09 bits per heavy atom. The second kappa shape index (κ2) is 8.45. The third kappa shape index (κ3) is 3.95. The molecule has 3 aromatic rings. The molecule has 1 unspecified atom stereocenters. The topological polar surface area (TPSA) is 84.1 Å². The van der Waals surface area contributed by atoms with E-state index in [1.165, 1.54) is 49.8 Å². The van der Waals surface area contributed by atoms with Crippen LogP contribution in [-0.2, 0) is 11.3 Å². The number of methoxy groups -OCH3 is 1. The van der Waals surface area contributed by atoms with Gasteiger partial charge in [0.25, 0.3) is 11.8 Å². The lowest BCUT2D eigenvalue weighted by atomic mass is 10.1. The maximum atomic E-state index is 14.4. The van der Waals surface area contributed by atoms with Crippen LogP contribution < -0.4 is 10.1 Å². The Balaban J connectivity index is 1.81. The number of hydrogen-bond donors (Lipinski definition) is 1. The molecule has 170 valence electrons. The van der Waals surface area contributed by atoms with Crippen LogP contribution in [0.1, 0.15) is 21.7 Å². The average molecular weight is 457 g/mol. The first-order valence-electron chi connectivity index (χ1n) is 9.78. The van der Waals surface area contributed by atoms with Crippen molar-refractivity contribution in [2.75, 3.05) is 7.11 Å². The summed E-state index contributed by atoms with van der Waals surface area (Å²) in [6.45, 7) is -0.304. The molecular weight excluding hydrogens is 439 g/mol. The van der Waals surface area contributed by atoms with Crippen LogP contribution in [0.4, 0.5) is 13.2 Å². The number of alkyl halides is 3. The highest BCUT2D eigenvalue weighted by atomic mass is 19.4. The van der Waals surface area contributed by atoms with Gasteiger partial charge in [0.15, 0.2) is 0 Å². The summed E-state index contributed by atoms with van der Waals surface area (Å²) in [4.78, 5) is 30.8. The number of furan rings is 1. The number of ether oxygens (including phenoxy) is 1. The Bertz CT molecular complexity index is 1190. The van der Waals surface area contributed by atoms with Crippen LogP contribution in [-0.4, -0.2) is 41.5 Å². The highest BCUT2D eigenvalue weighted by Crippen LogP contribution is 2.39. The molecule has 4 rings (SSSR count). The van der Waals surface area contributed by atoms with Crippen LogP contribution in [0.2, 0.25) is 0 Å². The minimum atomic E-state index is -5.24. The van der Waals surface area contributed by atoms with Crippen molar-refractivity contribution < 1.29 is 31.9 Å². The summed E-state index contributed by atoms with van der Waals surface area (Å²) >= 11 is 0. The van der Waals surface area contributed by atoms with E-state index in [0.717, 1.165) is 4.90 Å². The average Bonchev–Trinajstić information content (AvgIpc) is 3.42. The summed E-state index contributed by atoms with van der Waals surface area (Å²) in [6, 6.07) is 16.8. The van der Waals surface area contributed by atoms with Crippen molar-refractivity contribution in [3.05, 3.63) is 89.9 Å². The minimum Gasteiger partial charge on any atom is -0.496 e. The lowest BCUT2D eigenvalue weighted by Crippen LogP contribution is -2.63. The van der Waals surface area contributed by atoms with Crippen molar-refractivity contribution in [2.24, 2.45) is 4.99 Å². The third-order valence-electron chi connectivity index (χ3n) is 5.07. The molecule has 0 fully saturated rings. The van der Waals surface area contributed by atoms with E-state index in [4.69, 9.17) is 9.15 Å². The molecule has 1 aliphatic heterocycles. The van der Waals surface area contributed by atoms with Gasteiger partial charge in [0.1, 0.15) is 17.3 Å². The Hall–Kier alpha value is -4.08. The number of amides is 2.